The first-order valence-electron chi connectivity index (χ1n) is 5.82. The lowest BCUT2D eigenvalue weighted by Crippen LogP contribution is -2.36. The Kier molecular flexibility index (Phi) is 3.64. The molecule has 0 radical (unpaired) electrons. The molecule has 0 saturated carbocycles. The van der Waals surface area contributed by atoms with E-state index in [1.54, 1.807) is 13.2 Å². The van der Waals surface area contributed by atoms with Crippen molar-refractivity contribution in [1.29, 1.82) is 0 Å². The fraction of sp³-hybridized carbons (Fsp3) is 0.538. The van der Waals surface area contributed by atoms with Gasteiger partial charge in [-0.1, -0.05) is 13.0 Å². The van der Waals surface area contributed by atoms with Crippen LogP contribution in [0.3, 0.4) is 0 Å². The molecule has 0 aliphatic carbocycles. The van der Waals surface area contributed by atoms with Crippen molar-refractivity contribution >= 4 is 0 Å². The molecule has 0 saturated heterocycles. The first-order valence-corrected chi connectivity index (χ1v) is 5.82. The van der Waals surface area contributed by atoms with Gasteiger partial charge >= 0.3 is 0 Å². The zero-order chi connectivity index (χ0) is 12.4. The summed E-state index contributed by atoms with van der Waals surface area (Å²) in [6, 6.07) is 4.43. The molecule has 2 N–H and O–H groups in total. The number of hydrogen-bond acceptors (Lipinski definition) is 3. The summed E-state index contributed by atoms with van der Waals surface area (Å²) in [6.07, 6.45) is 0.725. The molecule has 94 valence electrons. The number of rotatable bonds is 3. The lowest BCUT2D eigenvalue weighted by Gasteiger charge is -2.33. The molecule has 3 atom stereocenters. The number of benzene rings is 1. The van der Waals surface area contributed by atoms with Gasteiger partial charge in [-0.05, 0) is 6.07 Å². The summed E-state index contributed by atoms with van der Waals surface area (Å²) in [4.78, 5) is 0. The largest absolute Gasteiger partial charge is 0.490 e. The average Bonchev–Trinajstić information content (AvgIpc) is 2.28. The molecule has 0 aromatic heterocycles. The molecule has 0 fully saturated rings. The Morgan fingerprint density at radius 2 is 2.35 bits per heavy atom. The second kappa shape index (κ2) is 5.02. The fourth-order valence-corrected chi connectivity index (χ4v) is 2.22. The van der Waals surface area contributed by atoms with Crippen molar-refractivity contribution in [3.05, 3.63) is 29.6 Å². The Bertz CT molecular complexity index is 397. The van der Waals surface area contributed by atoms with Gasteiger partial charge in [0.15, 0.2) is 0 Å². The van der Waals surface area contributed by atoms with Crippen LogP contribution in [0.25, 0.3) is 0 Å². The van der Waals surface area contributed by atoms with Gasteiger partial charge < -0.3 is 15.2 Å². The zero-order valence-corrected chi connectivity index (χ0v) is 10.2. The molecule has 3 nitrogen and oxygen atoms in total. The van der Waals surface area contributed by atoms with Crippen LogP contribution in [0.15, 0.2) is 18.2 Å². The molecule has 4 heteroatoms. The van der Waals surface area contributed by atoms with Crippen molar-refractivity contribution in [2.75, 3.05) is 13.7 Å². The Balaban J connectivity index is 2.19. The zero-order valence-electron chi connectivity index (χ0n) is 10.2. The van der Waals surface area contributed by atoms with Crippen molar-refractivity contribution in [2.45, 2.75) is 25.5 Å². The van der Waals surface area contributed by atoms with Crippen LogP contribution in [-0.4, -0.2) is 19.8 Å². The van der Waals surface area contributed by atoms with E-state index in [1.165, 1.54) is 12.1 Å². The molecule has 1 aliphatic rings. The van der Waals surface area contributed by atoms with Gasteiger partial charge in [-0.15, -0.1) is 0 Å². The SMILES string of the molecule is COCC(C)C1CC(N)c2ccc(F)cc2O1. The number of nitrogens with two attached hydrogens (primary N) is 1. The molecule has 0 spiro atoms. The Labute approximate surface area is 101 Å². The molecule has 3 unspecified atom stereocenters. The topological polar surface area (TPSA) is 44.5 Å². The van der Waals surface area contributed by atoms with Crippen LogP contribution in [0.4, 0.5) is 4.39 Å². The molecule has 1 aliphatic heterocycles. The number of hydrogen-bond donors (Lipinski definition) is 1. The van der Waals surface area contributed by atoms with Gasteiger partial charge in [0.1, 0.15) is 17.7 Å². The molecule has 17 heavy (non-hydrogen) atoms. The van der Waals surface area contributed by atoms with Crippen molar-refractivity contribution in [3.63, 3.8) is 0 Å². The van der Waals surface area contributed by atoms with Crippen LogP contribution in [0.1, 0.15) is 24.9 Å². The molecule has 0 bridgehead atoms. The van der Waals surface area contributed by atoms with E-state index >= 15 is 0 Å². The third-order valence-corrected chi connectivity index (χ3v) is 3.20. The van der Waals surface area contributed by atoms with Gasteiger partial charge in [-0.2, -0.15) is 0 Å². The van der Waals surface area contributed by atoms with E-state index in [-0.39, 0.29) is 23.9 Å². The average molecular weight is 239 g/mol. The Hall–Kier alpha value is -1.13. The van der Waals surface area contributed by atoms with E-state index in [2.05, 4.69) is 0 Å². The highest BCUT2D eigenvalue weighted by Gasteiger charge is 2.29. The van der Waals surface area contributed by atoms with Gasteiger partial charge in [0, 0.05) is 37.1 Å². The van der Waals surface area contributed by atoms with Gasteiger partial charge in [0.2, 0.25) is 0 Å². The summed E-state index contributed by atoms with van der Waals surface area (Å²) in [5.74, 6) is 0.509. The van der Waals surface area contributed by atoms with Gasteiger partial charge in [-0.3, -0.25) is 0 Å². The van der Waals surface area contributed by atoms with E-state index in [9.17, 15) is 4.39 Å². The molecular weight excluding hydrogens is 221 g/mol. The second-order valence-electron chi connectivity index (χ2n) is 4.61. The van der Waals surface area contributed by atoms with Crippen molar-refractivity contribution < 1.29 is 13.9 Å². The predicted octanol–water partition coefficient (Wildman–Crippen LogP) is 2.26. The number of fused-ring (bicyclic) bond motifs is 1. The van der Waals surface area contributed by atoms with Crippen molar-refractivity contribution in [1.82, 2.24) is 0 Å². The minimum Gasteiger partial charge on any atom is -0.490 e. The highest BCUT2D eigenvalue weighted by atomic mass is 19.1. The highest BCUT2D eigenvalue weighted by molar-refractivity contribution is 5.38. The first-order chi connectivity index (χ1) is 8.11. The summed E-state index contributed by atoms with van der Waals surface area (Å²) in [5, 5.41) is 0. The minimum atomic E-state index is -0.295. The quantitative estimate of drug-likeness (QED) is 0.880. The summed E-state index contributed by atoms with van der Waals surface area (Å²) in [6.45, 7) is 2.66. The Morgan fingerprint density at radius 1 is 1.59 bits per heavy atom. The maximum atomic E-state index is 13.2. The predicted molar refractivity (Wildman–Crippen MR) is 63.4 cm³/mol. The van der Waals surface area contributed by atoms with E-state index in [0.717, 1.165) is 12.0 Å². The van der Waals surface area contributed by atoms with Crippen LogP contribution < -0.4 is 10.5 Å². The third kappa shape index (κ3) is 2.58. The lowest BCUT2D eigenvalue weighted by molar-refractivity contribution is 0.0536. The van der Waals surface area contributed by atoms with E-state index in [4.69, 9.17) is 15.2 Å². The van der Waals surface area contributed by atoms with Gasteiger partial charge in [0.25, 0.3) is 0 Å². The van der Waals surface area contributed by atoms with Crippen LogP contribution >= 0.6 is 0 Å². The van der Waals surface area contributed by atoms with E-state index in [1.807, 2.05) is 6.92 Å². The summed E-state index contributed by atoms with van der Waals surface area (Å²) < 4.78 is 24.1. The van der Waals surface area contributed by atoms with Crippen LogP contribution in [0.5, 0.6) is 5.75 Å². The van der Waals surface area contributed by atoms with Gasteiger partial charge in [-0.25, -0.2) is 4.39 Å². The van der Waals surface area contributed by atoms with E-state index < -0.39 is 0 Å². The molecule has 1 aromatic rings. The first kappa shape index (κ1) is 12.3. The van der Waals surface area contributed by atoms with Crippen molar-refractivity contribution in [3.8, 4) is 5.75 Å². The Morgan fingerprint density at radius 3 is 3.06 bits per heavy atom. The summed E-state index contributed by atoms with van der Waals surface area (Å²) in [5.41, 5.74) is 6.96. The number of halogens is 1. The second-order valence-corrected chi connectivity index (χ2v) is 4.61. The molecule has 1 heterocycles. The van der Waals surface area contributed by atoms with Gasteiger partial charge in [0.05, 0.1) is 6.61 Å². The monoisotopic (exact) mass is 239 g/mol. The van der Waals surface area contributed by atoms with Crippen LogP contribution in [0.2, 0.25) is 0 Å². The molecule has 1 aromatic carbocycles. The smallest absolute Gasteiger partial charge is 0.127 e. The molecule has 2 rings (SSSR count). The summed E-state index contributed by atoms with van der Waals surface area (Å²) in [7, 11) is 1.66. The van der Waals surface area contributed by atoms with Crippen molar-refractivity contribution in [2.24, 2.45) is 11.7 Å². The highest BCUT2D eigenvalue weighted by Crippen LogP contribution is 2.35. The van der Waals surface area contributed by atoms with Crippen LogP contribution in [-0.2, 0) is 4.74 Å². The van der Waals surface area contributed by atoms with E-state index in [0.29, 0.717) is 12.4 Å². The fourth-order valence-electron chi connectivity index (χ4n) is 2.22. The molecule has 0 amide bonds. The van der Waals surface area contributed by atoms with Crippen LogP contribution in [0, 0.1) is 11.7 Å². The lowest BCUT2D eigenvalue weighted by atomic mass is 9.91. The third-order valence-electron chi connectivity index (χ3n) is 3.20. The number of ether oxygens (including phenoxy) is 2. The maximum absolute atomic E-state index is 13.2. The minimum absolute atomic E-state index is 0.0146. The summed E-state index contributed by atoms with van der Waals surface area (Å²) >= 11 is 0. The maximum Gasteiger partial charge on any atom is 0.127 e. The molecular formula is C13H18FNO2. The number of methoxy groups -OCH3 is 1. The normalized spacial score (nSPS) is 24.9. The standard InChI is InChI=1S/C13H18FNO2/c1-8(7-16-2)12-6-11(15)10-4-3-9(14)5-13(10)17-12/h3-5,8,11-12H,6-7,15H2,1-2H3.